The van der Waals surface area contributed by atoms with Crippen LogP contribution in [0.3, 0.4) is 0 Å². The molecule has 0 saturated carbocycles. The SMILES string of the molecule is CCNCc1ccc(-c2cncc(C)c2)cc1F. The van der Waals surface area contributed by atoms with Crippen molar-refractivity contribution in [3.8, 4) is 11.1 Å². The van der Waals surface area contributed by atoms with E-state index in [4.69, 9.17) is 0 Å². The Morgan fingerprint density at radius 1 is 1.17 bits per heavy atom. The molecule has 94 valence electrons. The summed E-state index contributed by atoms with van der Waals surface area (Å²) in [6.45, 7) is 5.38. The van der Waals surface area contributed by atoms with Gasteiger partial charge in [0.25, 0.3) is 0 Å². The van der Waals surface area contributed by atoms with Crippen molar-refractivity contribution in [2.24, 2.45) is 0 Å². The van der Waals surface area contributed by atoms with Crippen LogP contribution in [-0.2, 0) is 6.54 Å². The molecule has 0 aliphatic heterocycles. The second-order valence-electron chi connectivity index (χ2n) is 4.34. The molecule has 0 atom stereocenters. The molecule has 18 heavy (non-hydrogen) atoms. The summed E-state index contributed by atoms with van der Waals surface area (Å²) in [6.07, 6.45) is 3.55. The van der Waals surface area contributed by atoms with Crippen molar-refractivity contribution in [3.05, 3.63) is 53.6 Å². The van der Waals surface area contributed by atoms with Crippen molar-refractivity contribution in [2.45, 2.75) is 20.4 Å². The molecule has 2 rings (SSSR count). The Hall–Kier alpha value is -1.74. The molecule has 0 fully saturated rings. The number of nitrogens with zero attached hydrogens (tertiary/aromatic N) is 1. The summed E-state index contributed by atoms with van der Waals surface area (Å²) >= 11 is 0. The minimum absolute atomic E-state index is 0.171. The van der Waals surface area contributed by atoms with Crippen LogP contribution in [-0.4, -0.2) is 11.5 Å². The smallest absolute Gasteiger partial charge is 0.128 e. The van der Waals surface area contributed by atoms with Gasteiger partial charge >= 0.3 is 0 Å². The van der Waals surface area contributed by atoms with Crippen LogP contribution in [0.1, 0.15) is 18.1 Å². The normalized spacial score (nSPS) is 10.6. The first-order valence-electron chi connectivity index (χ1n) is 6.12. The van der Waals surface area contributed by atoms with Crippen molar-refractivity contribution >= 4 is 0 Å². The molecule has 0 unspecified atom stereocenters. The largest absolute Gasteiger partial charge is 0.313 e. The first-order valence-corrected chi connectivity index (χ1v) is 6.12. The first-order chi connectivity index (χ1) is 8.70. The maximum Gasteiger partial charge on any atom is 0.128 e. The fourth-order valence-corrected chi connectivity index (χ4v) is 1.84. The summed E-state index contributed by atoms with van der Waals surface area (Å²) < 4.78 is 13.9. The van der Waals surface area contributed by atoms with E-state index in [1.807, 2.05) is 32.0 Å². The molecule has 0 radical (unpaired) electrons. The van der Waals surface area contributed by atoms with Crippen LogP contribution in [0, 0.1) is 12.7 Å². The monoisotopic (exact) mass is 244 g/mol. The number of aryl methyl sites for hydroxylation is 1. The average molecular weight is 244 g/mol. The summed E-state index contributed by atoms with van der Waals surface area (Å²) in [6, 6.07) is 7.34. The van der Waals surface area contributed by atoms with Crippen molar-refractivity contribution in [3.63, 3.8) is 0 Å². The van der Waals surface area contributed by atoms with Crippen molar-refractivity contribution in [2.75, 3.05) is 6.54 Å². The molecule has 0 saturated heterocycles. The molecule has 3 heteroatoms. The van der Waals surface area contributed by atoms with Gasteiger partial charge in [-0.3, -0.25) is 4.98 Å². The van der Waals surface area contributed by atoms with Gasteiger partial charge in [0.2, 0.25) is 0 Å². The Morgan fingerprint density at radius 2 is 2.00 bits per heavy atom. The van der Waals surface area contributed by atoms with Gasteiger partial charge in [-0.25, -0.2) is 4.39 Å². The zero-order chi connectivity index (χ0) is 13.0. The molecule has 0 spiro atoms. The van der Waals surface area contributed by atoms with Crippen LogP contribution in [0.2, 0.25) is 0 Å². The zero-order valence-electron chi connectivity index (χ0n) is 10.7. The van der Waals surface area contributed by atoms with Crippen molar-refractivity contribution in [1.29, 1.82) is 0 Å². The van der Waals surface area contributed by atoms with E-state index in [1.54, 1.807) is 18.5 Å². The standard InChI is InChI=1S/C15H17FN2/c1-3-17-9-13-5-4-12(7-15(13)16)14-6-11(2)8-18-10-14/h4-8,10,17H,3,9H2,1-2H3. The highest BCUT2D eigenvalue weighted by molar-refractivity contribution is 5.63. The van der Waals surface area contributed by atoms with Gasteiger partial charge in [-0.1, -0.05) is 19.1 Å². The van der Waals surface area contributed by atoms with Gasteiger partial charge in [0.1, 0.15) is 5.82 Å². The number of hydrogen-bond donors (Lipinski definition) is 1. The first kappa shape index (κ1) is 12.7. The maximum absolute atomic E-state index is 13.9. The molecule has 1 heterocycles. The summed E-state index contributed by atoms with van der Waals surface area (Å²) in [5, 5.41) is 3.12. The van der Waals surface area contributed by atoms with Crippen LogP contribution >= 0.6 is 0 Å². The van der Waals surface area contributed by atoms with Crippen molar-refractivity contribution < 1.29 is 4.39 Å². The lowest BCUT2D eigenvalue weighted by atomic mass is 10.0. The summed E-state index contributed by atoms with van der Waals surface area (Å²) in [5.74, 6) is -0.171. The van der Waals surface area contributed by atoms with Gasteiger partial charge in [0.15, 0.2) is 0 Å². The van der Waals surface area contributed by atoms with Gasteiger partial charge in [0, 0.05) is 30.1 Å². The third kappa shape index (κ3) is 2.93. The Bertz CT molecular complexity index is 538. The van der Waals surface area contributed by atoms with Crippen LogP contribution in [0.25, 0.3) is 11.1 Å². The van der Waals surface area contributed by atoms with Gasteiger partial charge in [-0.15, -0.1) is 0 Å². The molecule has 0 aliphatic carbocycles. The fourth-order valence-electron chi connectivity index (χ4n) is 1.84. The molecule has 1 aromatic carbocycles. The topological polar surface area (TPSA) is 24.9 Å². The third-order valence-electron chi connectivity index (χ3n) is 2.83. The van der Waals surface area contributed by atoms with E-state index in [-0.39, 0.29) is 5.82 Å². The van der Waals surface area contributed by atoms with Gasteiger partial charge in [-0.2, -0.15) is 0 Å². The summed E-state index contributed by atoms with van der Waals surface area (Å²) in [4.78, 5) is 4.13. The van der Waals surface area contributed by atoms with Gasteiger partial charge in [0.05, 0.1) is 0 Å². The van der Waals surface area contributed by atoms with Crippen molar-refractivity contribution in [1.82, 2.24) is 10.3 Å². The number of halogens is 1. The predicted octanol–water partition coefficient (Wildman–Crippen LogP) is 3.31. The fraction of sp³-hybridized carbons (Fsp3) is 0.267. The lowest BCUT2D eigenvalue weighted by Gasteiger charge is -2.07. The molecular formula is C15H17FN2. The zero-order valence-corrected chi connectivity index (χ0v) is 10.7. The second-order valence-corrected chi connectivity index (χ2v) is 4.34. The predicted molar refractivity (Wildman–Crippen MR) is 71.7 cm³/mol. The van der Waals surface area contributed by atoms with E-state index in [0.29, 0.717) is 12.1 Å². The van der Waals surface area contributed by atoms with E-state index in [0.717, 1.165) is 23.2 Å². The molecule has 0 bridgehead atoms. The number of pyridine rings is 1. The summed E-state index contributed by atoms with van der Waals surface area (Å²) in [5.41, 5.74) is 3.58. The minimum Gasteiger partial charge on any atom is -0.313 e. The highest BCUT2D eigenvalue weighted by Crippen LogP contribution is 2.22. The lowest BCUT2D eigenvalue weighted by Crippen LogP contribution is -2.12. The van der Waals surface area contributed by atoms with E-state index in [1.165, 1.54) is 0 Å². The maximum atomic E-state index is 13.9. The number of hydrogen-bond acceptors (Lipinski definition) is 2. The van der Waals surface area contributed by atoms with E-state index < -0.39 is 0 Å². The molecule has 1 aromatic heterocycles. The second kappa shape index (κ2) is 5.74. The van der Waals surface area contributed by atoms with E-state index in [2.05, 4.69) is 10.3 Å². The highest BCUT2D eigenvalue weighted by atomic mass is 19.1. The Morgan fingerprint density at radius 3 is 2.67 bits per heavy atom. The Balaban J connectivity index is 2.28. The molecular weight excluding hydrogens is 227 g/mol. The van der Waals surface area contributed by atoms with Crippen LogP contribution in [0.5, 0.6) is 0 Å². The highest BCUT2D eigenvalue weighted by Gasteiger charge is 2.05. The lowest BCUT2D eigenvalue weighted by molar-refractivity contribution is 0.594. The van der Waals surface area contributed by atoms with Crippen LogP contribution in [0.4, 0.5) is 4.39 Å². The van der Waals surface area contributed by atoms with E-state index in [9.17, 15) is 4.39 Å². The molecule has 1 N–H and O–H groups in total. The molecule has 0 amide bonds. The van der Waals surface area contributed by atoms with Gasteiger partial charge < -0.3 is 5.32 Å². The van der Waals surface area contributed by atoms with Crippen LogP contribution < -0.4 is 5.32 Å². The Labute approximate surface area is 107 Å². The molecule has 2 nitrogen and oxygen atoms in total. The third-order valence-corrected chi connectivity index (χ3v) is 2.83. The number of nitrogens with one attached hydrogen (secondary N) is 1. The number of benzene rings is 1. The molecule has 0 aliphatic rings. The average Bonchev–Trinajstić information content (AvgIpc) is 2.37. The summed E-state index contributed by atoms with van der Waals surface area (Å²) in [7, 11) is 0. The number of aromatic nitrogens is 1. The van der Waals surface area contributed by atoms with E-state index >= 15 is 0 Å². The van der Waals surface area contributed by atoms with Gasteiger partial charge in [-0.05, 0) is 36.7 Å². The number of rotatable bonds is 4. The minimum atomic E-state index is -0.171. The Kier molecular flexibility index (Phi) is 4.05. The molecule has 2 aromatic rings. The quantitative estimate of drug-likeness (QED) is 0.892. The van der Waals surface area contributed by atoms with Crippen LogP contribution in [0.15, 0.2) is 36.7 Å².